The van der Waals surface area contributed by atoms with E-state index in [1.54, 1.807) is 7.11 Å². The Morgan fingerprint density at radius 1 is 1.30 bits per heavy atom. The van der Waals surface area contributed by atoms with Gasteiger partial charge in [0.05, 0.1) is 12.7 Å². The summed E-state index contributed by atoms with van der Waals surface area (Å²) in [4.78, 5) is 2.56. The molecular weight excluding hydrogens is 250 g/mol. The van der Waals surface area contributed by atoms with Crippen molar-refractivity contribution in [2.45, 2.75) is 50.2 Å². The van der Waals surface area contributed by atoms with Gasteiger partial charge in [0.25, 0.3) is 0 Å². The van der Waals surface area contributed by atoms with Crippen LogP contribution in [-0.4, -0.2) is 41.8 Å². The molecule has 0 aliphatic carbocycles. The molecule has 0 aromatic heterocycles. The molecule has 2 saturated heterocycles. The van der Waals surface area contributed by atoms with Crippen LogP contribution in [0.25, 0.3) is 0 Å². The highest BCUT2D eigenvalue weighted by Crippen LogP contribution is 2.35. The molecule has 1 aromatic carbocycles. The van der Waals surface area contributed by atoms with E-state index in [-0.39, 0.29) is 0 Å². The van der Waals surface area contributed by atoms with Crippen molar-refractivity contribution in [2.24, 2.45) is 0 Å². The number of methoxy groups -OCH3 is 1. The summed E-state index contributed by atoms with van der Waals surface area (Å²) in [6.45, 7) is 2.31. The predicted octanol–water partition coefficient (Wildman–Crippen LogP) is 2.62. The molecule has 0 bridgehead atoms. The van der Waals surface area contributed by atoms with Crippen LogP contribution in [0.4, 0.5) is 0 Å². The van der Waals surface area contributed by atoms with E-state index in [1.165, 1.54) is 24.9 Å². The van der Waals surface area contributed by atoms with Crippen LogP contribution < -0.4 is 4.74 Å². The Hall–Kier alpha value is -1.06. The molecule has 20 heavy (non-hydrogen) atoms. The predicted molar refractivity (Wildman–Crippen MR) is 80.1 cm³/mol. The van der Waals surface area contributed by atoms with Crippen LogP contribution in [0.5, 0.6) is 5.75 Å². The normalized spacial score (nSPS) is 30.2. The number of aryl methyl sites for hydroxylation is 1. The van der Waals surface area contributed by atoms with Gasteiger partial charge in [0.15, 0.2) is 0 Å². The number of ether oxygens (including phenoxy) is 1. The van der Waals surface area contributed by atoms with Crippen LogP contribution >= 0.6 is 0 Å². The van der Waals surface area contributed by atoms with E-state index in [2.05, 4.69) is 17.0 Å². The summed E-state index contributed by atoms with van der Waals surface area (Å²) in [5, 5.41) is 10.8. The van der Waals surface area contributed by atoms with E-state index in [4.69, 9.17) is 4.74 Å². The average Bonchev–Trinajstić information content (AvgIpc) is 2.93. The van der Waals surface area contributed by atoms with Gasteiger partial charge < -0.3 is 14.7 Å². The molecule has 2 atom stereocenters. The molecule has 0 spiro atoms. The first-order chi connectivity index (χ1) is 9.68. The Bertz CT molecular complexity index is 445. The van der Waals surface area contributed by atoms with Crippen molar-refractivity contribution in [2.75, 3.05) is 20.2 Å². The lowest BCUT2D eigenvalue weighted by Crippen LogP contribution is -2.47. The number of piperidine rings is 1. The summed E-state index contributed by atoms with van der Waals surface area (Å²) in [5.41, 5.74) is 0.832. The fraction of sp³-hybridized carbons (Fsp3) is 0.647. The SMILES string of the molecule is COc1ccc(CCC2(O)CCN3CCCC3C2)cc1. The minimum absolute atomic E-state index is 0.453. The van der Waals surface area contributed by atoms with Crippen molar-refractivity contribution in [3.05, 3.63) is 29.8 Å². The van der Waals surface area contributed by atoms with Crippen molar-refractivity contribution in [3.63, 3.8) is 0 Å². The minimum Gasteiger partial charge on any atom is -0.497 e. The number of aliphatic hydroxyl groups is 1. The van der Waals surface area contributed by atoms with Gasteiger partial charge in [-0.25, -0.2) is 0 Å². The largest absolute Gasteiger partial charge is 0.497 e. The third-order valence-electron chi connectivity index (χ3n) is 5.02. The maximum absolute atomic E-state index is 10.8. The topological polar surface area (TPSA) is 32.7 Å². The highest BCUT2D eigenvalue weighted by molar-refractivity contribution is 5.27. The molecule has 2 aliphatic rings. The lowest BCUT2D eigenvalue weighted by atomic mass is 9.82. The molecule has 0 radical (unpaired) electrons. The van der Waals surface area contributed by atoms with Gasteiger partial charge in [-0.2, -0.15) is 0 Å². The number of rotatable bonds is 4. The molecule has 2 unspecified atom stereocenters. The number of nitrogens with zero attached hydrogens (tertiary/aromatic N) is 1. The van der Waals surface area contributed by atoms with Gasteiger partial charge in [0.2, 0.25) is 0 Å². The highest BCUT2D eigenvalue weighted by Gasteiger charge is 2.39. The average molecular weight is 275 g/mol. The molecule has 3 nitrogen and oxygen atoms in total. The summed E-state index contributed by atoms with van der Waals surface area (Å²) in [7, 11) is 1.69. The van der Waals surface area contributed by atoms with Gasteiger partial charge in [-0.3, -0.25) is 0 Å². The minimum atomic E-state index is -0.453. The molecule has 0 amide bonds. The summed E-state index contributed by atoms with van der Waals surface area (Å²) in [6, 6.07) is 8.84. The van der Waals surface area contributed by atoms with E-state index in [0.717, 1.165) is 38.0 Å². The van der Waals surface area contributed by atoms with E-state index in [9.17, 15) is 5.11 Å². The third kappa shape index (κ3) is 2.99. The summed E-state index contributed by atoms with van der Waals surface area (Å²) >= 11 is 0. The second kappa shape index (κ2) is 5.74. The van der Waals surface area contributed by atoms with Crippen molar-refractivity contribution in [1.82, 2.24) is 4.90 Å². The molecule has 110 valence electrons. The van der Waals surface area contributed by atoms with E-state index in [1.807, 2.05) is 12.1 Å². The Labute approximate surface area is 121 Å². The Morgan fingerprint density at radius 3 is 2.85 bits per heavy atom. The first-order valence-corrected chi connectivity index (χ1v) is 7.78. The monoisotopic (exact) mass is 275 g/mol. The third-order valence-corrected chi connectivity index (χ3v) is 5.02. The van der Waals surface area contributed by atoms with Gasteiger partial charge in [-0.05, 0) is 62.8 Å². The lowest BCUT2D eigenvalue weighted by molar-refractivity contribution is -0.0416. The van der Waals surface area contributed by atoms with E-state index < -0.39 is 5.60 Å². The zero-order valence-corrected chi connectivity index (χ0v) is 12.3. The first-order valence-electron chi connectivity index (χ1n) is 7.78. The maximum Gasteiger partial charge on any atom is 0.118 e. The van der Waals surface area contributed by atoms with Gasteiger partial charge >= 0.3 is 0 Å². The second-order valence-corrected chi connectivity index (χ2v) is 6.36. The number of hydrogen-bond donors (Lipinski definition) is 1. The molecule has 0 saturated carbocycles. The summed E-state index contributed by atoms with van der Waals surface area (Å²) in [5.74, 6) is 0.895. The summed E-state index contributed by atoms with van der Waals surface area (Å²) < 4.78 is 5.18. The van der Waals surface area contributed by atoms with Crippen LogP contribution in [0.3, 0.4) is 0 Å². The molecule has 2 aliphatic heterocycles. The van der Waals surface area contributed by atoms with E-state index >= 15 is 0 Å². The van der Waals surface area contributed by atoms with Crippen molar-refractivity contribution in [1.29, 1.82) is 0 Å². The first kappa shape index (κ1) is 13.9. The smallest absolute Gasteiger partial charge is 0.118 e. The van der Waals surface area contributed by atoms with Crippen molar-refractivity contribution < 1.29 is 9.84 Å². The molecule has 1 aromatic rings. The van der Waals surface area contributed by atoms with Gasteiger partial charge in [-0.1, -0.05) is 12.1 Å². The second-order valence-electron chi connectivity index (χ2n) is 6.36. The van der Waals surface area contributed by atoms with Crippen LogP contribution in [0.2, 0.25) is 0 Å². The number of benzene rings is 1. The van der Waals surface area contributed by atoms with Crippen molar-refractivity contribution >= 4 is 0 Å². The quantitative estimate of drug-likeness (QED) is 0.917. The molecule has 3 heteroatoms. The molecule has 3 rings (SSSR count). The fourth-order valence-corrected chi connectivity index (χ4v) is 3.71. The standard InChI is InChI=1S/C17H25NO2/c1-20-16-6-4-14(5-7-16)8-9-17(19)10-12-18-11-2-3-15(18)13-17/h4-7,15,19H,2-3,8-13H2,1H3. The highest BCUT2D eigenvalue weighted by atomic mass is 16.5. The van der Waals surface area contributed by atoms with Gasteiger partial charge in [-0.15, -0.1) is 0 Å². The molecular formula is C17H25NO2. The van der Waals surface area contributed by atoms with Gasteiger partial charge in [0, 0.05) is 12.6 Å². The zero-order valence-electron chi connectivity index (χ0n) is 12.3. The Balaban J connectivity index is 1.56. The fourth-order valence-electron chi connectivity index (χ4n) is 3.71. The maximum atomic E-state index is 10.8. The van der Waals surface area contributed by atoms with Gasteiger partial charge in [0.1, 0.15) is 5.75 Å². The lowest BCUT2D eigenvalue weighted by Gasteiger charge is -2.41. The van der Waals surface area contributed by atoms with Crippen molar-refractivity contribution in [3.8, 4) is 5.75 Å². The molecule has 1 N–H and O–H groups in total. The van der Waals surface area contributed by atoms with Crippen LogP contribution in [0.15, 0.2) is 24.3 Å². The Morgan fingerprint density at radius 2 is 2.10 bits per heavy atom. The zero-order chi connectivity index (χ0) is 14.0. The number of hydrogen-bond acceptors (Lipinski definition) is 3. The van der Waals surface area contributed by atoms with Crippen LogP contribution in [-0.2, 0) is 6.42 Å². The molecule has 2 fully saturated rings. The number of fused-ring (bicyclic) bond motifs is 1. The van der Waals surface area contributed by atoms with E-state index in [0.29, 0.717) is 6.04 Å². The summed E-state index contributed by atoms with van der Waals surface area (Å²) in [6.07, 6.45) is 6.30. The van der Waals surface area contributed by atoms with Crippen LogP contribution in [0, 0.1) is 0 Å². The van der Waals surface area contributed by atoms with Crippen LogP contribution in [0.1, 0.15) is 37.7 Å². The molecule has 2 heterocycles. The Kier molecular flexibility index (Phi) is 3.99.